The molecule has 3 heteroatoms. The predicted octanol–water partition coefficient (Wildman–Crippen LogP) is 4.12. The van der Waals surface area contributed by atoms with Crippen molar-refractivity contribution in [1.82, 2.24) is 5.32 Å². The zero-order valence-electron chi connectivity index (χ0n) is 12.5. The standard InChI is InChI=1S/C14H29NO2/c1-11(2)17-12(16)15-14(6,7)10-8-9-13(3,4)5/h11H,8-10H2,1-7H3,(H,15,16). The summed E-state index contributed by atoms with van der Waals surface area (Å²) < 4.78 is 5.08. The molecule has 0 bridgehead atoms. The molecule has 0 radical (unpaired) electrons. The lowest BCUT2D eigenvalue weighted by Gasteiger charge is -2.28. The summed E-state index contributed by atoms with van der Waals surface area (Å²) in [5, 5.41) is 2.91. The van der Waals surface area contributed by atoms with Crippen LogP contribution in [0.2, 0.25) is 0 Å². The topological polar surface area (TPSA) is 38.3 Å². The maximum Gasteiger partial charge on any atom is 0.407 e. The molecule has 1 N–H and O–H groups in total. The first kappa shape index (κ1) is 16.3. The van der Waals surface area contributed by atoms with Crippen molar-refractivity contribution in [3.63, 3.8) is 0 Å². The van der Waals surface area contributed by atoms with Gasteiger partial charge in [-0.3, -0.25) is 0 Å². The molecule has 0 unspecified atom stereocenters. The molecule has 0 aliphatic carbocycles. The first-order chi connectivity index (χ1) is 7.52. The Bertz CT molecular complexity index is 239. The number of carbonyl (C=O) groups is 1. The fraction of sp³-hybridized carbons (Fsp3) is 0.929. The maximum absolute atomic E-state index is 11.5. The smallest absolute Gasteiger partial charge is 0.407 e. The number of rotatable bonds is 5. The SMILES string of the molecule is CC(C)OC(=O)NC(C)(C)CCCC(C)(C)C. The van der Waals surface area contributed by atoms with E-state index in [1.54, 1.807) is 0 Å². The minimum atomic E-state index is -0.319. The van der Waals surface area contributed by atoms with Crippen LogP contribution in [0, 0.1) is 5.41 Å². The van der Waals surface area contributed by atoms with Crippen LogP contribution in [0.4, 0.5) is 4.79 Å². The van der Waals surface area contributed by atoms with Gasteiger partial charge in [0.05, 0.1) is 6.10 Å². The second-order valence-corrected chi connectivity index (χ2v) is 6.88. The molecule has 0 saturated carbocycles. The normalized spacial score (nSPS) is 12.7. The molecule has 0 saturated heterocycles. The van der Waals surface area contributed by atoms with Gasteiger partial charge in [-0.2, -0.15) is 0 Å². The van der Waals surface area contributed by atoms with Gasteiger partial charge in [0.15, 0.2) is 0 Å². The van der Waals surface area contributed by atoms with Gasteiger partial charge in [0.25, 0.3) is 0 Å². The van der Waals surface area contributed by atoms with Gasteiger partial charge < -0.3 is 10.1 Å². The number of carbonyl (C=O) groups excluding carboxylic acids is 1. The van der Waals surface area contributed by atoms with Crippen LogP contribution in [0.3, 0.4) is 0 Å². The van der Waals surface area contributed by atoms with E-state index < -0.39 is 0 Å². The Morgan fingerprint density at radius 1 is 1.12 bits per heavy atom. The highest BCUT2D eigenvalue weighted by Crippen LogP contribution is 2.24. The monoisotopic (exact) mass is 243 g/mol. The summed E-state index contributed by atoms with van der Waals surface area (Å²) in [5.41, 5.74) is 0.158. The molecule has 0 aromatic rings. The van der Waals surface area contributed by atoms with E-state index in [-0.39, 0.29) is 17.7 Å². The second-order valence-electron chi connectivity index (χ2n) is 6.88. The Balaban J connectivity index is 3.99. The van der Waals surface area contributed by atoms with E-state index in [9.17, 15) is 4.79 Å². The molecule has 102 valence electrons. The lowest BCUT2D eigenvalue weighted by molar-refractivity contribution is 0.105. The molecule has 0 fully saturated rings. The van der Waals surface area contributed by atoms with Crippen molar-refractivity contribution in [2.24, 2.45) is 5.41 Å². The predicted molar refractivity (Wildman–Crippen MR) is 72.1 cm³/mol. The summed E-state index contributed by atoms with van der Waals surface area (Å²) in [5.74, 6) is 0. The van der Waals surface area contributed by atoms with Crippen molar-refractivity contribution in [3.05, 3.63) is 0 Å². The quantitative estimate of drug-likeness (QED) is 0.789. The average Bonchev–Trinajstić information content (AvgIpc) is 1.96. The van der Waals surface area contributed by atoms with Crippen LogP contribution in [0.25, 0.3) is 0 Å². The number of amides is 1. The van der Waals surface area contributed by atoms with Gasteiger partial charge in [0, 0.05) is 5.54 Å². The van der Waals surface area contributed by atoms with Crippen molar-refractivity contribution >= 4 is 6.09 Å². The van der Waals surface area contributed by atoms with E-state index in [0.717, 1.165) is 19.3 Å². The van der Waals surface area contributed by atoms with E-state index in [1.807, 2.05) is 27.7 Å². The summed E-state index contributed by atoms with van der Waals surface area (Å²) in [7, 11) is 0. The molecular weight excluding hydrogens is 214 g/mol. The first-order valence-electron chi connectivity index (χ1n) is 6.51. The van der Waals surface area contributed by atoms with E-state index >= 15 is 0 Å². The van der Waals surface area contributed by atoms with Gasteiger partial charge in [0.2, 0.25) is 0 Å². The Labute approximate surface area is 106 Å². The number of hydrogen-bond donors (Lipinski definition) is 1. The molecule has 0 spiro atoms. The molecule has 0 aromatic carbocycles. The van der Waals surface area contributed by atoms with Gasteiger partial charge in [-0.1, -0.05) is 27.2 Å². The van der Waals surface area contributed by atoms with Crippen LogP contribution in [0.5, 0.6) is 0 Å². The summed E-state index contributed by atoms with van der Waals surface area (Å²) in [4.78, 5) is 11.5. The molecule has 0 atom stereocenters. The van der Waals surface area contributed by atoms with Gasteiger partial charge in [-0.05, 0) is 46.0 Å². The molecule has 0 aromatic heterocycles. The third kappa shape index (κ3) is 10.2. The van der Waals surface area contributed by atoms with Gasteiger partial charge in [0.1, 0.15) is 0 Å². The summed E-state index contributed by atoms with van der Waals surface area (Å²) in [6, 6.07) is 0. The molecule has 0 aliphatic heterocycles. The minimum absolute atomic E-state index is 0.0691. The van der Waals surface area contributed by atoms with E-state index in [2.05, 4.69) is 26.1 Å². The Morgan fingerprint density at radius 2 is 1.65 bits per heavy atom. The van der Waals surface area contributed by atoms with Crippen LogP contribution in [0.1, 0.15) is 67.7 Å². The van der Waals surface area contributed by atoms with Gasteiger partial charge in [-0.15, -0.1) is 0 Å². The Hall–Kier alpha value is -0.730. The number of alkyl carbamates (subject to hydrolysis) is 1. The molecule has 3 nitrogen and oxygen atoms in total. The van der Waals surface area contributed by atoms with Crippen molar-refractivity contribution in [1.29, 1.82) is 0 Å². The number of ether oxygens (including phenoxy) is 1. The zero-order valence-corrected chi connectivity index (χ0v) is 12.5. The van der Waals surface area contributed by atoms with E-state index in [4.69, 9.17) is 4.74 Å². The lowest BCUT2D eigenvalue weighted by atomic mass is 9.86. The highest BCUT2D eigenvalue weighted by atomic mass is 16.6. The lowest BCUT2D eigenvalue weighted by Crippen LogP contribution is -2.44. The first-order valence-corrected chi connectivity index (χ1v) is 6.51. The summed E-state index contributed by atoms with van der Waals surface area (Å²) in [6.45, 7) is 14.5. The van der Waals surface area contributed by atoms with E-state index in [1.165, 1.54) is 0 Å². The fourth-order valence-corrected chi connectivity index (χ4v) is 1.64. The van der Waals surface area contributed by atoms with Gasteiger partial charge >= 0.3 is 6.09 Å². The minimum Gasteiger partial charge on any atom is -0.447 e. The summed E-state index contributed by atoms with van der Waals surface area (Å²) >= 11 is 0. The van der Waals surface area contributed by atoms with Gasteiger partial charge in [-0.25, -0.2) is 4.79 Å². The third-order valence-corrected chi connectivity index (χ3v) is 2.51. The molecule has 17 heavy (non-hydrogen) atoms. The highest BCUT2D eigenvalue weighted by molar-refractivity contribution is 5.68. The Kier molecular flexibility index (Phi) is 6.00. The zero-order chi connectivity index (χ0) is 13.7. The largest absolute Gasteiger partial charge is 0.447 e. The van der Waals surface area contributed by atoms with Crippen molar-refractivity contribution in [3.8, 4) is 0 Å². The van der Waals surface area contributed by atoms with Crippen LogP contribution >= 0.6 is 0 Å². The molecule has 1 amide bonds. The number of nitrogens with one attached hydrogen (secondary N) is 1. The Morgan fingerprint density at radius 3 is 2.06 bits per heavy atom. The highest BCUT2D eigenvalue weighted by Gasteiger charge is 2.22. The summed E-state index contributed by atoms with van der Waals surface area (Å²) in [6.07, 6.45) is 2.86. The van der Waals surface area contributed by atoms with Crippen LogP contribution in [0.15, 0.2) is 0 Å². The molecule has 0 aliphatic rings. The van der Waals surface area contributed by atoms with Crippen molar-refractivity contribution < 1.29 is 9.53 Å². The average molecular weight is 243 g/mol. The van der Waals surface area contributed by atoms with Crippen LogP contribution < -0.4 is 5.32 Å². The molecule has 0 rings (SSSR count). The second kappa shape index (κ2) is 6.27. The van der Waals surface area contributed by atoms with E-state index in [0.29, 0.717) is 5.41 Å². The maximum atomic E-state index is 11.5. The van der Waals surface area contributed by atoms with Crippen LogP contribution in [-0.2, 0) is 4.74 Å². The number of hydrogen-bond acceptors (Lipinski definition) is 2. The van der Waals surface area contributed by atoms with Crippen LogP contribution in [-0.4, -0.2) is 17.7 Å². The van der Waals surface area contributed by atoms with Crippen molar-refractivity contribution in [2.45, 2.75) is 79.4 Å². The van der Waals surface area contributed by atoms with Crippen molar-refractivity contribution in [2.75, 3.05) is 0 Å². The molecule has 0 heterocycles. The fourth-order valence-electron chi connectivity index (χ4n) is 1.64. The molecular formula is C14H29NO2. The third-order valence-electron chi connectivity index (χ3n) is 2.51.